The molecule has 2 aromatic carbocycles. The van der Waals surface area contributed by atoms with Gasteiger partial charge in [0.1, 0.15) is 12.9 Å². The van der Waals surface area contributed by atoms with Gasteiger partial charge < -0.3 is 14.9 Å². The van der Waals surface area contributed by atoms with Gasteiger partial charge in [-0.2, -0.15) is 5.10 Å². The van der Waals surface area contributed by atoms with E-state index in [9.17, 15) is 0 Å². The van der Waals surface area contributed by atoms with Crippen LogP contribution in [0.1, 0.15) is 11.1 Å². The number of ether oxygens (including phenoxy) is 2. The van der Waals surface area contributed by atoms with Crippen LogP contribution in [0.2, 0.25) is 5.02 Å². The van der Waals surface area contributed by atoms with Crippen LogP contribution in [-0.4, -0.2) is 22.0 Å². The highest BCUT2D eigenvalue weighted by atomic mass is 79.9. The lowest BCUT2D eigenvalue weighted by molar-refractivity contribution is 0.281. The summed E-state index contributed by atoms with van der Waals surface area (Å²) in [5.74, 6) is 1.28. The average molecular weight is 456 g/mol. The van der Waals surface area contributed by atoms with E-state index in [0.29, 0.717) is 34.4 Å². The Balaban J connectivity index is 1.85. The summed E-state index contributed by atoms with van der Waals surface area (Å²) in [6.07, 6.45) is 1.57. The predicted molar refractivity (Wildman–Crippen MR) is 107 cm³/mol. The van der Waals surface area contributed by atoms with Crippen LogP contribution in [0, 0.1) is 4.77 Å². The van der Waals surface area contributed by atoms with Gasteiger partial charge >= 0.3 is 0 Å². The molecule has 0 aliphatic rings. The highest BCUT2D eigenvalue weighted by Crippen LogP contribution is 2.37. The minimum Gasteiger partial charge on any atom is -0.493 e. The molecule has 0 aliphatic carbocycles. The summed E-state index contributed by atoms with van der Waals surface area (Å²) in [6.45, 7) is 0.821. The maximum absolute atomic E-state index is 6.07. The minimum atomic E-state index is 0.367. The van der Waals surface area contributed by atoms with Crippen molar-refractivity contribution in [1.82, 2.24) is 14.9 Å². The molecule has 1 aromatic heterocycles. The van der Waals surface area contributed by atoms with E-state index in [4.69, 9.17) is 33.3 Å². The van der Waals surface area contributed by atoms with Crippen LogP contribution in [0.25, 0.3) is 0 Å². The molecule has 0 aliphatic heterocycles. The van der Waals surface area contributed by atoms with E-state index in [1.165, 1.54) is 0 Å². The standard InChI is InChI=1S/C17H16BrClN4O2S/c1-24-15-6-5-14(18)13(8-21-23-10-20-22-17(23)26)16(15)25-9-11-3-2-4-12(19)7-11/h2-7,10,21H,8-9H2,1H3,(H,22,26). The molecule has 9 heteroatoms. The number of nitrogens with one attached hydrogen (secondary N) is 2. The summed E-state index contributed by atoms with van der Waals surface area (Å²) in [4.78, 5) is 0. The Labute approximate surface area is 169 Å². The van der Waals surface area contributed by atoms with Crippen molar-refractivity contribution in [3.63, 3.8) is 0 Å². The van der Waals surface area contributed by atoms with Crippen molar-refractivity contribution in [1.29, 1.82) is 0 Å². The maximum atomic E-state index is 6.07. The first kappa shape index (κ1) is 18.8. The topological polar surface area (TPSA) is 64.1 Å². The average Bonchev–Trinajstić information content (AvgIpc) is 3.04. The first-order valence-corrected chi connectivity index (χ1v) is 9.25. The van der Waals surface area contributed by atoms with Gasteiger partial charge in [0.25, 0.3) is 0 Å². The number of hydrogen-bond donors (Lipinski definition) is 2. The molecule has 0 fully saturated rings. The van der Waals surface area contributed by atoms with Crippen LogP contribution in [0.15, 0.2) is 47.2 Å². The Morgan fingerprint density at radius 3 is 2.88 bits per heavy atom. The van der Waals surface area contributed by atoms with Crippen molar-refractivity contribution >= 4 is 39.7 Å². The van der Waals surface area contributed by atoms with Gasteiger partial charge in [-0.25, -0.2) is 4.68 Å². The molecule has 0 saturated carbocycles. The zero-order valence-electron chi connectivity index (χ0n) is 13.8. The molecule has 0 saturated heterocycles. The molecular weight excluding hydrogens is 440 g/mol. The number of nitrogens with zero attached hydrogens (tertiary/aromatic N) is 2. The second kappa shape index (κ2) is 8.57. The number of aromatic nitrogens is 3. The van der Waals surface area contributed by atoms with E-state index >= 15 is 0 Å². The molecule has 136 valence electrons. The number of hydrogen-bond acceptors (Lipinski definition) is 5. The number of halogens is 2. The molecule has 0 atom stereocenters. The zero-order valence-corrected chi connectivity index (χ0v) is 17.0. The Bertz CT molecular complexity index is 960. The van der Waals surface area contributed by atoms with Crippen LogP contribution in [0.4, 0.5) is 0 Å². The highest BCUT2D eigenvalue weighted by molar-refractivity contribution is 9.10. The van der Waals surface area contributed by atoms with Crippen LogP contribution >= 0.6 is 39.7 Å². The molecule has 3 rings (SSSR count). The number of benzene rings is 2. The third-order valence-electron chi connectivity index (χ3n) is 3.64. The van der Waals surface area contributed by atoms with Crippen molar-refractivity contribution in [3.8, 4) is 11.5 Å². The van der Waals surface area contributed by atoms with Gasteiger partial charge in [-0.1, -0.05) is 39.7 Å². The van der Waals surface area contributed by atoms with Crippen molar-refractivity contribution < 1.29 is 9.47 Å². The quantitative estimate of drug-likeness (QED) is 0.506. The molecule has 0 unspecified atom stereocenters. The Hall–Kier alpha value is -2.03. The zero-order chi connectivity index (χ0) is 18.5. The number of methoxy groups -OCH3 is 1. The number of rotatable bonds is 7. The summed E-state index contributed by atoms with van der Waals surface area (Å²) in [5, 5.41) is 7.25. The molecule has 0 amide bonds. The Morgan fingerprint density at radius 1 is 1.35 bits per heavy atom. The van der Waals surface area contributed by atoms with Gasteiger partial charge in [-0.3, -0.25) is 5.10 Å². The lowest BCUT2D eigenvalue weighted by Crippen LogP contribution is -2.15. The molecule has 0 radical (unpaired) electrons. The molecule has 3 aromatic rings. The van der Waals surface area contributed by atoms with Crippen LogP contribution in [-0.2, 0) is 13.2 Å². The monoisotopic (exact) mass is 454 g/mol. The van der Waals surface area contributed by atoms with Crippen molar-refractivity contribution in [3.05, 3.63) is 68.1 Å². The third-order valence-corrected chi connectivity index (χ3v) is 4.90. The van der Waals surface area contributed by atoms with Crippen molar-refractivity contribution in [2.24, 2.45) is 0 Å². The smallest absolute Gasteiger partial charge is 0.214 e. The van der Waals surface area contributed by atoms with Crippen LogP contribution in [0.3, 0.4) is 0 Å². The van der Waals surface area contributed by atoms with Gasteiger partial charge in [0.2, 0.25) is 4.77 Å². The lowest BCUT2D eigenvalue weighted by atomic mass is 10.2. The molecular formula is C17H16BrClN4O2S. The fraction of sp³-hybridized carbons (Fsp3) is 0.176. The van der Waals surface area contributed by atoms with E-state index in [2.05, 4.69) is 31.6 Å². The molecule has 1 heterocycles. The summed E-state index contributed by atoms with van der Waals surface area (Å²) in [5.41, 5.74) is 5.05. The fourth-order valence-corrected chi connectivity index (χ4v) is 3.20. The molecule has 26 heavy (non-hydrogen) atoms. The Kier molecular flexibility index (Phi) is 6.18. The largest absolute Gasteiger partial charge is 0.493 e. The second-order valence-corrected chi connectivity index (χ2v) is 7.02. The van der Waals surface area contributed by atoms with E-state index in [-0.39, 0.29) is 0 Å². The third kappa shape index (κ3) is 4.38. The second-order valence-electron chi connectivity index (χ2n) is 5.34. The number of aromatic amines is 1. The van der Waals surface area contributed by atoms with Gasteiger partial charge in [0.05, 0.1) is 13.7 Å². The normalized spacial score (nSPS) is 10.6. The first-order chi connectivity index (χ1) is 12.6. The lowest BCUT2D eigenvalue weighted by Gasteiger charge is -2.17. The summed E-state index contributed by atoms with van der Waals surface area (Å²) >= 11 is 14.8. The first-order valence-electron chi connectivity index (χ1n) is 7.67. The number of H-pyrrole nitrogens is 1. The molecule has 0 spiro atoms. The van der Waals surface area contributed by atoms with Crippen LogP contribution < -0.4 is 14.9 Å². The highest BCUT2D eigenvalue weighted by Gasteiger charge is 2.15. The van der Waals surface area contributed by atoms with Crippen molar-refractivity contribution in [2.45, 2.75) is 13.2 Å². The fourth-order valence-electron chi connectivity index (χ4n) is 2.37. The minimum absolute atomic E-state index is 0.367. The van der Waals surface area contributed by atoms with E-state index in [0.717, 1.165) is 15.6 Å². The SMILES string of the molecule is COc1ccc(Br)c(CNn2cn[nH]c2=S)c1OCc1cccc(Cl)c1. The predicted octanol–water partition coefficient (Wildman–Crippen LogP) is 4.69. The van der Waals surface area contributed by atoms with E-state index in [1.807, 2.05) is 36.4 Å². The van der Waals surface area contributed by atoms with Gasteiger partial charge in [-0.15, -0.1) is 0 Å². The molecule has 0 bridgehead atoms. The summed E-state index contributed by atoms with van der Waals surface area (Å²) in [6, 6.07) is 11.3. The van der Waals surface area contributed by atoms with Gasteiger partial charge in [-0.05, 0) is 42.0 Å². The summed E-state index contributed by atoms with van der Waals surface area (Å²) in [7, 11) is 1.61. The van der Waals surface area contributed by atoms with Crippen LogP contribution in [0.5, 0.6) is 11.5 Å². The van der Waals surface area contributed by atoms with E-state index < -0.39 is 0 Å². The van der Waals surface area contributed by atoms with Gasteiger partial charge in [0.15, 0.2) is 11.5 Å². The van der Waals surface area contributed by atoms with Crippen molar-refractivity contribution in [2.75, 3.05) is 12.5 Å². The molecule has 6 nitrogen and oxygen atoms in total. The summed E-state index contributed by atoms with van der Waals surface area (Å²) < 4.78 is 14.5. The Morgan fingerprint density at radius 2 is 2.19 bits per heavy atom. The van der Waals surface area contributed by atoms with E-state index in [1.54, 1.807) is 18.1 Å². The van der Waals surface area contributed by atoms with Gasteiger partial charge in [0, 0.05) is 15.1 Å². The maximum Gasteiger partial charge on any atom is 0.214 e. The molecule has 2 N–H and O–H groups in total.